The number of anilines is 1. The standard InChI is InChI=1S/C26H23NO4/c1-26(2)15-27(23-12-11-16(24(28)29)13-22(23)26)25(30)31-14-21-19-9-5-3-7-17(19)18-8-4-6-10-20(18)21/h3-13,21H,14-15H2,1-2H3,(H,28,29). The smallest absolute Gasteiger partial charge is 0.414 e. The molecule has 1 amide bonds. The van der Waals surface area contributed by atoms with Crippen molar-refractivity contribution in [3.63, 3.8) is 0 Å². The van der Waals surface area contributed by atoms with Gasteiger partial charge in [-0.2, -0.15) is 0 Å². The summed E-state index contributed by atoms with van der Waals surface area (Å²) in [6.07, 6.45) is -0.406. The Bertz CT molecular complexity index is 1170. The first-order valence-corrected chi connectivity index (χ1v) is 10.4. The molecule has 156 valence electrons. The van der Waals surface area contributed by atoms with Crippen LogP contribution in [0, 0.1) is 0 Å². The monoisotopic (exact) mass is 413 g/mol. The molecule has 1 N–H and O–H groups in total. The molecule has 5 nitrogen and oxygen atoms in total. The van der Waals surface area contributed by atoms with E-state index in [-0.39, 0.29) is 23.5 Å². The van der Waals surface area contributed by atoms with Crippen LogP contribution < -0.4 is 4.90 Å². The minimum Gasteiger partial charge on any atom is -0.478 e. The maximum Gasteiger partial charge on any atom is 0.414 e. The van der Waals surface area contributed by atoms with Gasteiger partial charge in [-0.15, -0.1) is 0 Å². The van der Waals surface area contributed by atoms with E-state index < -0.39 is 12.1 Å². The quantitative estimate of drug-likeness (QED) is 0.622. The van der Waals surface area contributed by atoms with Gasteiger partial charge in [0.15, 0.2) is 0 Å². The number of rotatable bonds is 3. The molecule has 1 aliphatic heterocycles. The van der Waals surface area contributed by atoms with Crippen molar-refractivity contribution in [2.75, 3.05) is 18.1 Å². The fraction of sp³-hybridized carbons (Fsp3) is 0.231. The number of hydrogen-bond acceptors (Lipinski definition) is 3. The fourth-order valence-electron chi connectivity index (χ4n) is 4.85. The van der Waals surface area contributed by atoms with Crippen molar-refractivity contribution < 1.29 is 19.4 Å². The number of carbonyl (C=O) groups excluding carboxylic acids is 1. The normalized spacial score (nSPS) is 15.9. The molecular weight excluding hydrogens is 390 g/mol. The summed E-state index contributed by atoms with van der Waals surface area (Å²) < 4.78 is 5.82. The molecule has 0 saturated carbocycles. The number of hydrogen-bond donors (Lipinski definition) is 1. The first-order valence-electron chi connectivity index (χ1n) is 10.4. The third-order valence-corrected chi connectivity index (χ3v) is 6.37. The van der Waals surface area contributed by atoms with Gasteiger partial charge < -0.3 is 9.84 Å². The van der Waals surface area contributed by atoms with E-state index in [2.05, 4.69) is 24.3 Å². The molecule has 3 aromatic carbocycles. The van der Waals surface area contributed by atoms with Crippen LogP contribution in [0.4, 0.5) is 10.5 Å². The summed E-state index contributed by atoms with van der Waals surface area (Å²) in [7, 11) is 0. The molecule has 3 aromatic rings. The van der Waals surface area contributed by atoms with E-state index in [4.69, 9.17) is 4.74 Å². The molecule has 1 aliphatic carbocycles. The first-order chi connectivity index (χ1) is 14.9. The van der Waals surface area contributed by atoms with E-state index in [1.807, 2.05) is 38.1 Å². The molecule has 5 heteroatoms. The topological polar surface area (TPSA) is 66.8 Å². The maximum atomic E-state index is 13.1. The van der Waals surface area contributed by atoms with Gasteiger partial charge >= 0.3 is 12.1 Å². The second-order valence-electron chi connectivity index (χ2n) is 8.81. The molecule has 2 aliphatic rings. The van der Waals surface area contributed by atoms with Crippen LogP contribution in [0.25, 0.3) is 11.1 Å². The van der Waals surface area contributed by atoms with Crippen LogP contribution in [0.1, 0.15) is 46.8 Å². The largest absolute Gasteiger partial charge is 0.478 e. The number of benzene rings is 3. The Morgan fingerprint density at radius 3 is 2.23 bits per heavy atom. The van der Waals surface area contributed by atoms with Crippen LogP contribution in [0.2, 0.25) is 0 Å². The van der Waals surface area contributed by atoms with Crippen molar-refractivity contribution in [1.29, 1.82) is 0 Å². The van der Waals surface area contributed by atoms with Crippen molar-refractivity contribution in [3.05, 3.63) is 89.0 Å². The molecular formula is C26H23NO4. The number of carboxylic acid groups (broad SMARTS) is 1. The van der Waals surface area contributed by atoms with E-state index in [1.165, 1.54) is 28.3 Å². The maximum absolute atomic E-state index is 13.1. The molecule has 0 saturated heterocycles. The highest BCUT2D eigenvalue weighted by molar-refractivity contribution is 5.94. The molecule has 0 spiro atoms. The minimum absolute atomic E-state index is 0.000759. The van der Waals surface area contributed by atoms with Crippen LogP contribution in [-0.2, 0) is 10.2 Å². The summed E-state index contributed by atoms with van der Waals surface area (Å²) in [6, 6.07) is 21.4. The number of ether oxygens (including phenoxy) is 1. The summed E-state index contributed by atoms with van der Waals surface area (Å²) >= 11 is 0. The lowest BCUT2D eigenvalue weighted by molar-refractivity contribution is 0.0696. The lowest BCUT2D eigenvalue weighted by atomic mass is 9.86. The van der Waals surface area contributed by atoms with Gasteiger partial charge in [0.25, 0.3) is 0 Å². The van der Waals surface area contributed by atoms with Crippen molar-refractivity contribution in [2.24, 2.45) is 0 Å². The van der Waals surface area contributed by atoms with Crippen LogP contribution in [0.15, 0.2) is 66.7 Å². The highest BCUT2D eigenvalue weighted by Gasteiger charge is 2.40. The van der Waals surface area contributed by atoms with E-state index in [9.17, 15) is 14.7 Å². The Labute approximate surface area is 180 Å². The lowest BCUT2D eigenvalue weighted by Crippen LogP contribution is -2.35. The van der Waals surface area contributed by atoms with Gasteiger partial charge in [0.05, 0.1) is 11.3 Å². The van der Waals surface area contributed by atoms with Gasteiger partial charge in [-0.1, -0.05) is 62.4 Å². The summed E-state index contributed by atoms with van der Waals surface area (Å²) in [5, 5.41) is 9.32. The fourth-order valence-corrected chi connectivity index (χ4v) is 4.85. The molecule has 0 radical (unpaired) electrons. The van der Waals surface area contributed by atoms with Gasteiger partial charge in [0.1, 0.15) is 6.61 Å². The Kier molecular flexibility index (Phi) is 4.36. The van der Waals surface area contributed by atoms with Crippen LogP contribution in [-0.4, -0.2) is 30.3 Å². The van der Waals surface area contributed by atoms with Gasteiger partial charge in [-0.25, -0.2) is 9.59 Å². The lowest BCUT2D eigenvalue weighted by Gasteiger charge is -2.22. The third-order valence-electron chi connectivity index (χ3n) is 6.37. The molecule has 0 aromatic heterocycles. The second-order valence-corrected chi connectivity index (χ2v) is 8.81. The predicted octanol–water partition coefficient (Wildman–Crippen LogP) is 5.43. The Morgan fingerprint density at radius 1 is 1.00 bits per heavy atom. The average molecular weight is 413 g/mol. The highest BCUT2D eigenvalue weighted by atomic mass is 16.6. The Balaban J connectivity index is 1.40. The number of aromatic carboxylic acids is 1. The Hall–Kier alpha value is -3.60. The first kappa shape index (κ1) is 19.4. The molecule has 0 atom stereocenters. The second kappa shape index (κ2) is 6.98. The van der Waals surface area contributed by atoms with E-state index in [1.54, 1.807) is 17.0 Å². The van der Waals surface area contributed by atoms with Crippen molar-refractivity contribution in [3.8, 4) is 11.1 Å². The molecule has 0 unspecified atom stereocenters. The van der Waals surface area contributed by atoms with Gasteiger partial charge in [-0.05, 0) is 46.0 Å². The Morgan fingerprint density at radius 2 is 1.61 bits per heavy atom. The van der Waals surface area contributed by atoms with Crippen molar-refractivity contribution in [1.82, 2.24) is 0 Å². The number of fused-ring (bicyclic) bond motifs is 4. The van der Waals surface area contributed by atoms with Crippen LogP contribution in [0.5, 0.6) is 0 Å². The number of carbonyl (C=O) groups is 2. The number of nitrogens with zero attached hydrogens (tertiary/aromatic N) is 1. The summed E-state index contributed by atoms with van der Waals surface area (Å²) in [6.45, 7) is 4.72. The number of amides is 1. The zero-order chi connectivity index (χ0) is 21.8. The zero-order valence-electron chi connectivity index (χ0n) is 17.5. The molecule has 0 bridgehead atoms. The average Bonchev–Trinajstić information content (AvgIpc) is 3.23. The molecule has 1 heterocycles. The summed E-state index contributed by atoms with van der Waals surface area (Å²) in [5.74, 6) is -0.973. The third kappa shape index (κ3) is 3.08. The van der Waals surface area contributed by atoms with Gasteiger partial charge in [0.2, 0.25) is 0 Å². The van der Waals surface area contributed by atoms with Crippen molar-refractivity contribution >= 4 is 17.7 Å². The van der Waals surface area contributed by atoms with E-state index in [0.717, 1.165) is 5.56 Å². The molecule has 31 heavy (non-hydrogen) atoms. The van der Waals surface area contributed by atoms with E-state index >= 15 is 0 Å². The zero-order valence-corrected chi connectivity index (χ0v) is 17.5. The van der Waals surface area contributed by atoms with Gasteiger partial charge in [0, 0.05) is 17.9 Å². The van der Waals surface area contributed by atoms with Crippen molar-refractivity contribution in [2.45, 2.75) is 25.2 Å². The highest BCUT2D eigenvalue weighted by Crippen LogP contribution is 2.45. The van der Waals surface area contributed by atoms with Crippen LogP contribution >= 0.6 is 0 Å². The molecule has 5 rings (SSSR count). The predicted molar refractivity (Wildman–Crippen MR) is 119 cm³/mol. The summed E-state index contributed by atoms with van der Waals surface area (Å²) in [4.78, 5) is 26.1. The number of carboxylic acids is 1. The molecule has 0 fully saturated rings. The van der Waals surface area contributed by atoms with Gasteiger partial charge in [-0.3, -0.25) is 4.90 Å². The van der Waals surface area contributed by atoms with E-state index in [0.29, 0.717) is 12.2 Å². The minimum atomic E-state index is -0.974. The van der Waals surface area contributed by atoms with Crippen LogP contribution in [0.3, 0.4) is 0 Å². The summed E-state index contributed by atoms with van der Waals surface area (Å²) in [5.41, 5.74) is 6.15. The SMILES string of the molecule is CC1(C)CN(C(=O)OCC2c3ccccc3-c3ccccc32)c2ccc(C(=O)O)cc21.